The molecule has 13 heteroatoms. The van der Waals surface area contributed by atoms with Crippen LogP contribution in [0.25, 0.3) is 0 Å². The van der Waals surface area contributed by atoms with Gasteiger partial charge in [-0.15, -0.1) is 11.6 Å². The third-order valence-corrected chi connectivity index (χ3v) is 8.41. The van der Waals surface area contributed by atoms with Gasteiger partial charge in [-0.3, -0.25) is 33.8 Å². The normalized spacial score (nSPS) is 23.8. The van der Waals surface area contributed by atoms with Crippen LogP contribution >= 0.6 is 11.6 Å². The number of nitrogens with zero attached hydrogens (tertiary/aromatic N) is 2. The summed E-state index contributed by atoms with van der Waals surface area (Å²) in [5.41, 5.74) is 1.49. The third kappa shape index (κ3) is 5.53. The van der Waals surface area contributed by atoms with Crippen molar-refractivity contribution in [3.8, 4) is 5.75 Å². The van der Waals surface area contributed by atoms with E-state index in [9.17, 15) is 24.0 Å². The molecule has 4 amide bonds. The molecular weight excluding hydrogens is 620 g/mol. The lowest BCUT2D eigenvalue weighted by atomic mass is 9.94. The molecule has 0 aliphatic carbocycles. The fraction of sp³-hybridized carbons (Fsp3) is 0.303. The Morgan fingerprint density at radius 1 is 0.783 bits per heavy atom. The Balaban J connectivity index is 1.39. The molecule has 3 heterocycles. The third-order valence-electron chi connectivity index (χ3n) is 8.19. The number of carbonyl (C=O) groups excluding carboxylic acids is 5. The monoisotopic (exact) mass is 648 g/mol. The van der Waals surface area contributed by atoms with Gasteiger partial charge in [0.15, 0.2) is 12.4 Å². The van der Waals surface area contributed by atoms with Crippen molar-refractivity contribution in [2.75, 3.05) is 26.6 Å². The molecule has 238 valence electrons. The molecule has 6 rings (SSSR count). The van der Waals surface area contributed by atoms with Crippen molar-refractivity contribution >= 4 is 41.2 Å². The molecule has 0 radical (unpaired) electrons. The molecule has 3 aromatic carbocycles. The van der Waals surface area contributed by atoms with E-state index < -0.39 is 66.1 Å². The number of methoxy groups -OCH3 is 2. The van der Waals surface area contributed by atoms with E-state index >= 15 is 0 Å². The van der Waals surface area contributed by atoms with Gasteiger partial charge in [0.25, 0.3) is 23.6 Å². The van der Waals surface area contributed by atoms with Crippen LogP contribution in [0.1, 0.15) is 47.0 Å². The molecule has 5 atom stereocenters. The SMILES string of the molecule is COc1ccc(CO[C@@H]2[C@H](OC(=O)CCl)[C@@H](N3C(=O)c4ccccc4C3=O)[C@H](OC)O[C@@H]2CN2C(=O)c3ccccc3C2=O)cc1. The Bertz CT molecular complexity index is 1630. The van der Waals surface area contributed by atoms with Crippen molar-refractivity contribution in [1.82, 2.24) is 9.80 Å². The average molecular weight is 649 g/mol. The van der Waals surface area contributed by atoms with E-state index in [0.29, 0.717) is 11.3 Å². The van der Waals surface area contributed by atoms with E-state index in [1.165, 1.54) is 26.4 Å². The molecule has 0 N–H and O–H groups in total. The molecule has 46 heavy (non-hydrogen) atoms. The van der Waals surface area contributed by atoms with Crippen LogP contribution in [0.3, 0.4) is 0 Å². The Morgan fingerprint density at radius 3 is 1.83 bits per heavy atom. The summed E-state index contributed by atoms with van der Waals surface area (Å²) in [4.78, 5) is 68.8. The second-order valence-electron chi connectivity index (χ2n) is 10.8. The average Bonchev–Trinajstić information content (AvgIpc) is 3.48. The van der Waals surface area contributed by atoms with Crippen molar-refractivity contribution < 1.29 is 47.7 Å². The van der Waals surface area contributed by atoms with Crippen LogP contribution in [-0.4, -0.2) is 96.7 Å². The predicted molar refractivity (Wildman–Crippen MR) is 160 cm³/mol. The lowest BCUT2D eigenvalue weighted by Crippen LogP contribution is -2.68. The first kappa shape index (κ1) is 31.4. The van der Waals surface area contributed by atoms with E-state index in [1.807, 2.05) is 0 Å². The number of benzene rings is 3. The van der Waals surface area contributed by atoms with E-state index in [0.717, 1.165) is 9.80 Å². The van der Waals surface area contributed by atoms with Crippen LogP contribution in [-0.2, 0) is 30.3 Å². The summed E-state index contributed by atoms with van der Waals surface area (Å²) in [6.45, 7) is -0.360. The summed E-state index contributed by atoms with van der Waals surface area (Å²) in [7, 11) is 2.84. The number of carbonyl (C=O) groups is 5. The molecule has 0 bridgehead atoms. The van der Waals surface area contributed by atoms with Crippen LogP contribution in [0.5, 0.6) is 5.75 Å². The standard InChI is InChI=1S/C33H29ClN2O10/c1-42-19-13-11-18(12-14-19)17-44-27-24(16-35-29(38)20-7-3-4-8-21(20)30(35)39)45-33(43-2)26(28(27)46-25(37)15-34)36-31(40)22-9-5-6-10-23(22)32(36)41/h3-14,24,26-28,33H,15-17H2,1-2H3/t24-,26-,27+,28-,33-/m1/s1. The number of amides is 4. The van der Waals surface area contributed by atoms with Gasteiger partial charge in [0.05, 0.1) is 42.5 Å². The Kier molecular flexibility index (Phi) is 8.87. The van der Waals surface area contributed by atoms with Crippen molar-refractivity contribution in [2.45, 2.75) is 37.3 Å². The Labute approximate surface area is 268 Å². The largest absolute Gasteiger partial charge is 0.497 e. The second kappa shape index (κ2) is 13.0. The number of halogens is 1. The van der Waals surface area contributed by atoms with E-state index in [2.05, 4.69) is 0 Å². The fourth-order valence-corrected chi connectivity index (χ4v) is 6.06. The number of alkyl halides is 1. The fourth-order valence-electron chi connectivity index (χ4n) is 6.00. The molecule has 0 spiro atoms. The minimum Gasteiger partial charge on any atom is -0.497 e. The maximum absolute atomic E-state index is 13.7. The molecule has 0 aromatic heterocycles. The first-order chi connectivity index (χ1) is 22.3. The molecule has 3 aromatic rings. The predicted octanol–water partition coefficient (Wildman–Crippen LogP) is 3.06. The maximum atomic E-state index is 13.7. The van der Waals surface area contributed by atoms with E-state index in [4.69, 9.17) is 35.3 Å². The minimum atomic E-state index is -1.38. The number of ether oxygens (including phenoxy) is 5. The molecule has 1 fully saturated rings. The van der Waals surface area contributed by atoms with Gasteiger partial charge in [-0.25, -0.2) is 0 Å². The Morgan fingerprint density at radius 2 is 1.33 bits per heavy atom. The Hall–Kier alpha value is -4.62. The lowest BCUT2D eigenvalue weighted by Gasteiger charge is -2.48. The lowest BCUT2D eigenvalue weighted by molar-refractivity contribution is -0.280. The summed E-state index contributed by atoms with van der Waals surface area (Å²) >= 11 is 5.86. The summed E-state index contributed by atoms with van der Waals surface area (Å²) in [5, 5.41) is 0. The van der Waals surface area contributed by atoms with Crippen molar-refractivity contribution in [3.05, 3.63) is 101 Å². The molecule has 0 saturated carbocycles. The number of fused-ring (bicyclic) bond motifs is 2. The highest BCUT2D eigenvalue weighted by molar-refractivity contribution is 6.26. The van der Waals surface area contributed by atoms with Crippen LogP contribution < -0.4 is 4.74 Å². The number of imide groups is 2. The smallest absolute Gasteiger partial charge is 0.321 e. The van der Waals surface area contributed by atoms with Crippen LogP contribution in [0.4, 0.5) is 0 Å². The quantitative estimate of drug-likeness (QED) is 0.183. The summed E-state index contributed by atoms with van der Waals surface area (Å²) < 4.78 is 29.4. The van der Waals surface area contributed by atoms with Gasteiger partial charge in [0, 0.05) is 7.11 Å². The molecule has 1 saturated heterocycles. The minimum absolute atomic E-state index is 0.0436. The molecule has 12 nitrogen and oxygen atoms in total. The number of esters is 1. The zero-order valence-electron chi connectivity index (χ0n) is 24.8. The highest BCUT2D eigenvalue weighted by Gasteiger charge is 2.57. The second-order valence-corrected chi connectivity index (χ2v) is 11.0. The number of rotatable bonds is 10. The zero-order valence-corrected chi connectivity index (χ0v) is 25.5. The first-order valence-electron chi connectivity index (χ1n) is 14.4. The van der Waals surface area contributed by atoms with Crippen molar-refractivity contribution in [2.24, 2.45) is 0 Å². The van der Waals surface area contributed by atoms with Crippen LogP contribution in [0, 0.1) is 0 Å². The maximum Gasteiger partial charge on any atom is 0.321 e. The van der Waals surface area contributed by atoms with Gasteiger partial charge in [0.1, 0.15) is 29.9 Å². The van der Waals surface area contributed by atoms with Crippen LogP contribution in [0.15, 0.2) is 72.8 Å². The highest BCUT2D eigenvalue weighted by atomic mass is 35.5. The molecule has 0 unspecified atom stereocenters. The van der Waals surface area contributed by atoms with Gasteiger partial charge < -0.3 is 23.7 Å². The summed E-state index contributed by atoms with van der Waals surface area (Å²) in [6, 6.07) is 18.4. The van der Waals surface area contributed by atoms with Gasteiger partial charge in [-0.2, -0.15) is 0 Å². The summed E-state index contributed by atoms with van der Waals surface area (Å²) in [5.74, 6) is -3.14. The highest BCUT2D eigenvalue weighted by Crippen LogP contribution is 2.36. The number of hydrogen-bond donors (Lipinski definition) is 0. The van der Waals surface area contributed by atoms with Gasteiger partial charge in [0.2, 0.25) is 0 Å². The van der Waals surface area contributed by atoms with Crippen LogP contribution in [0.2, 0.25) is 0 Å². The van der Waals surface area contributed by atoms with Gasteiger partial charge in [-0.1, -0.05) is 36.4 Å². The molecule has 3 aliphatic heterocycles. The summed E-state index contributed by atoms with van der Waals surface area (Å²) in [6.07, 6.45) is -5.09. The van der Waals surface area contributed by atoms with E-state index in [-0.39, 0.29) is 35.4 Å². The number of hydrogen-bond acceptors (Lipinski definition) is 10. The van der Waals surface area contributed by atoms with Gasteiger partial charge in [-0.05, 0) is 42.0 Å². The zero-order chi connectivity index (χ0) is 32.5. The topological polar surface area (TPSA) is 138 Å². The van der Waals surface area contributed by atoms with E-state index in [1.54, 1.807) is 60.7 Å². The van der Waals surface area contributed by atoms with Gasteiger partial charge >= 0.3 is 5.97 Å². The van der Waals surface area contributed by atoms with Crippen molar-refractivity contribution in [1.29, 1.82) is 0 Å². The van der Waals surface area contributed by atoms with Crippen molar-refractivity contribution in [3.63, 3.8) is 0 Å². The first-order valence-corrected chi connectivity index (χ1v) is 14.9. The molecular formula is C33H29ClN2O10. The molecule has 3 aliphatic rings.